The molecule has 7 heteroatoms. The van der Waals surface area contributed by atoms with E-state index in [2.05, 4.69) is 26.6 Å². The van der Waals surface area contributed by atoms with Crippen LogP contribution in [0.3, 0.4) is 0 Å². The number of halogens is 1. The molecule has 0 unspecified atom stereocenters. The number of nitrogens with zero attached hydrogens (tertiary/aromatic N) is 2. The van der Waals surface area contributed by atoms with Crippen molar-refractivity contribution >= 4 is 29.9 Å². The van der Waals surface area contributed by atoms with Gasteiger partial charge in [0.25, 0.3) is 0 Å². The predicted octanol–water partition coefficient (Wildman–Crippen LogP) is 2.34. The van der Waals surface area contributed by atoms with Gasteiger partial charge in [-0.2, -0.15) is 0 Å². The van der Waals surface area contributed by atoms with E-state index in [1.54, 1.807) is 14.2 Å². The largest absolute Gasteiger partial charge is 0.496 e. The molecule has 0 amide bonds. The van der Waals surface area contributed by atoms with Crippen molar-refractivity contribution < 1.29 is 9.47 Å². The molecule has 1 heterocycles. The quantitative estimate of drug-likeness (QED) is 0.343. The van der Waals surface area contributed by atoms with Crippen LogP contribution in [-0.2, 0) is 11.3 Å². The van der Waals surface area contributed by atoms with Crippen molar-refractivity contribution in [2.75, 3.05) is 54.1 Å². The van der Waals surface area contributed by atoms with Crippen molar-refractivity contribution in [3.63, 3.8) is 0 Å². The lowest BCUT2D eigenvalue weighted by atomic mass is 9.97. The summed E-state index contributed by atoms with van der Waals surface area (Å²) in [5, 5.41) is 6.83. The number of rotatable bonds is 8. The molecule has 1 fully saturated rings. The second kappa shape index (κ2) is 13.2. The number of hydrogen-bond acceptors (Lipinski definition) is 4. The fraction of sp³-hybridized carbons (Fsp3) is 0.632. The highest BCUT2D eigenvalue weighted by atomic mass is 127. The van der Waals surface area contributed by atoms with E-state index in [9.17, 15) is 0 Å². The Hall–Kier alpha value is -1.06. The smallest absolute Gasteiger partial charge is 0.191 e. The molecule has 1 aromatic carbocycles. The maximum atomic E-state index is 5.39. The number of methoxy groups -OCH3 is 2. The summed E-state index contributed by atoms with van der Waals surface area (Å²) in [6, 6.07) is 8.04. The number of likely N-dealkylation sites (tertiary alicyclic amines) is 1. The monoisotopic (exact) mass is 476 g/mol. The third-order valence-corrected chi connectivity index (χ3v) is 4.74. The van der Waals surface area contributed by atoms with Crippen molar-refractivity contribution in [2.45, 2.75) is 19.4 Å². The van der Waals surface area contributed by atoms with Gasteiger partial charge >= 0.3 is 0 Å². The van der Waals surface area contributed by atoms with Gasteiger partial charge < -0.3 is 25.0 Å². The van der Waals surface area contributed by atoms with Crippen LogP contribution >= 0.6 is 24.0 Å². The van der Waals surface area contributed by atoms with Crippen molar-refractivity contribution in [3.8, 4) is 5.75 Å². The van der Waals surface area contributed by atoms with Gasteiger partial charge in [-0.1, -0.05) is 18.2 Å². The summed E-state index contributed by atoms with van der Waals surface area (Å²) < 4.78 is 10.5. The fourth-order valence-electron chi connectivity index (χ4n) is 3.12. The van der Waals surface area contributed by atoms with Gasteiger partial charge in [0.05, 0.1) is 13.7 Å². The first-order chi connectivity index (χ1) is 12.3. The van der Waals surface area contributed by atoms with Crippen LogP contribution < -0.4 is 15.4 Å². The minimum Gasteiger partial charge on any atom is -0.496 e. The molecule has 0 atom stereocenters. The Morgan fingerprint density at radius 1 is 1.19 bits per heavy atom. The molecular formula is C19H33IN4O2. The summed E-state index contributed by atoms with van der Waals surface area (Å²) in [5.41, 5.74) is 1.12. The number of ether oxygens (including phenoxy) is 2. The van der Waals surface area contributed by atoms with E-state index in [1.165, 1.54) is 12.8 Å². The third kappa shape index (κ3) is 7.67. The SMILES string of the molecule is CN=C(NCc1ccccc1OC)NCC1CCN(CCOC)CC1.I. The molecule has 1 aliphatic rings. The van der Waals surface area contributed by atoms with Gasteiger partial charge in [0.1, 0.15) is 5.75 Å². The molecule has 0 aliphatic carbocycles. The van der Waals surface area contributed by atoms with E-state index in [0.29, 0.717) is 12.5 Å². The first-order valence-electron chi connectivity index (χ1n) is 9.04. The summed E-state index contributed by atoms with van der Waals surface area (Å²) in [7, 11) is 5.27. The Kier molecular flexibility index (Phi) is 11.6. The summed E-state index contributed by atoms with van der Waals surface area (Å²) >= 11 is 0. The van der Waals surface area contributed by atoms with E-state index in [1.807, 2.05) is 25.2 Å². The topological polar surface area (TPSA) is 58.1 Å². The van der Waals surface area contributed by atoms with Gasteiger partial charge in [0.15, 0.2) is 5.96 Å². The van der Waals surface area contributed by atoms with Crippen LogP contribution in [0.15, 0.2) is 29.3 Å². The van der Waals surface area contributed by atoms with Crippen molar-refractivity contribution in [2.24, 2.45) is 10.9 Å². The number of piperidine rings is 1. The Morgan fingerprint density at radius 3 is 2.58 bits per heavy atom. The first-order valence-corrected chi connectivity index (χ1v) is 9.04. The van der Waals surface area contributed by atoms with E-state index in [4.69, 9.17) is 9.47 Å². The van der Waals surface area contributed by atoms with Gasteiger partial charge in [-0.25, -0.2) is 0 Å². The maximum absolute atomic E-state index is 5.39. The van der Waals surface area contributed by atoms with Crippen molar-refractivity contribution in [1.29, 1.82) is 0 Å². The minimum atomic E-state index is 0. The van der Waals surface area contributed by atoms with Crippen LogP contribution in [0, 0.1) is 5.92 Å². The van der Waals surface area contributed by atoms with Crippen LogP contribution in [-0.4, -0.2) is 64.9 Å². The summed E-state index contributed by atoms with van der Waals surface area (Å²) in [4.78, 5) is 6.81. The lowest BCUT2D eigenvalue weighted by molar-refractivity contribution is 0.121. The van der Waals surface area contributed by atoms with Gasteiger partial charge in [-0.05, 0) is 37.9 Å². The molecule has 1 aliphatic heterocycles. The zero-order valence-electron chi connectivity index (χ0n) is 16.2. The zero-order chi connectivity index (χ0) is 17.9. The number of nitrogens with one attached hydrogen (secondary N) is 2. The normalized spacial score (nSPS) is 16.0. The van der Waals surface area contributed by atoms with E-state index in [0.717, 1.165) is 50.1 Å². The van der Waals surface area contributed by atoms with E-state index in [-0.39, 0.29) is 24.0 Å². The Bertz CT molecular complexity index is 534. The molecule has 0 radical (unpaired) electrons. The molecule has 1 saturated heterocycles. The van der Waals surface area contributed by atoms with Gasteiger partial charge in [0, 0.05) is 39.4 Å². The summed E-state index contributed by atoms with van der Waals surface area (Å²) in [6.45, 7) is 5.83. The van der Waals surface area contributed by atoms with Crippen molar-refractivity contribution in [1.82, 2.24) is 15.5 Å². The first kappa shape index (κ1) is 23.0. The highest BCUT2D eigenvalue weighted by Gasteiger charge is 2.19. The lowest BCUT2D eigenvalue weighted by Crippen LogP contribution is -2.43. The standard InChI is InChI=1S/C19H32N4O2.HI/c1-20-19(22-15-17-6-4-5-7-18(17)25-3)21-14-16-8-10-23(11-9-16)12-13-24-2;/h4-7,16H,8-15H2,1-3H3,(H2,20,21,22);1H. The second-order valence-electron chi connectivity index (χ2n) is 6.40. The van der Waals surface area contributed by atoms with Gasteiger partial charge in [0.2, 0.25) is 0 Å². The highest BCUT2D eigenvalue weighted by Crippen LogP contribution is 2.17. The molecule has 0 bridgehead atoms. The lowest BCUT2D eigenvalue weighted by Gasteiger charge is -2.32. The van der Waals surface area contributed by atoms with E-state index >= 15 is 0 Å². The van der Waals surface area contributed by atoms with Gasteiger partial charge in [-0.15, -0.1) is 24.0 Å². The van der Waals surface area contributed by atoms with Crippen LogP contribution in [0.5, 0.6) is 5.75 Å². The summed E-state index contributed by atoms with van der Waals surface area (Å²) in [5.74, 6) is 2.44. The molecular weight excluding hydrogens is 443 g/mol. The molecule has 2 rings (SSSR count). The van der Waals surface area contributed by atoms with Crippen molar-refractivity contribution in [3.05, 3.63) is 29.8 Å². The number of benzene rings is 1. The average molecular weight is 476 g/mol. The molecule has 2 N–H and O–H groups in total. The molecule has 0 spiro atoms. The Morgan fingerprint density at radius 2 is 1.92 bits per heavy atom. The van der Waals surface area contributed by atoms with Gasteiger partial charge in [-0.3, -0.25) is 4.99 Å². The van der Waals surface area contributed by atoms with Crippen LogP contribution in [0.2, 0.25) is 0 Å². The predicted molar refractivity (Wildman–Crippen MR) is 118 cm³/mol. The Balaban J connectivity index is 0.00000338. The van der Waals surface area contributed by atoms with E-state index < -0.39 is 0 Å². The zero-order valence-corrected chi connectivity index (χ0v) is 18.5. The molecule has 26 heavy (non-hydrogen) atoms. The average Bonchev–Trinajstić information content (AvgIpc) is 2.67. The molecule has 0 aromatic heterocycles. The minimum absolute atomic E-state index is 0. The fourth-order valence-corrected chi connectivity index (χ4v) is 3.12. The molecule has 6 nitrogen and oxygen atoms in total. The second-order valence-corrected chi connectivity index (χ2v) is 6.40. The molecule has 148 valence electrons. The van der Waals surface area contributed by atoms with Crippen LogP contribution in [0.1, 0.15) is 18.4 Å². The summed E-state index contributed by atoms with van der Waals surface area (Å²) in [6.07, 6.45) is 2.44. The maximum Gasteiger partial charge on any atom is 0.191 e. The number of aliphatic imine (C=N–C) groups is 1. The number of hydrogen-bond donors (Lipinski definition) is 2. The Labute approximate surface area is 174 Å². The highest BCUT2D eigenvalue weighted by molar-refractivity contribution is 14.0. The third-order valence-electron chi connectivity index (χ3n) is 4.74. The molecule has 0 saturated carbocycles. The molecule has 1 aromatic rings. The number of para-hydroxylation sites is 1. The number of guanidine groups is 1. The van der Waals surface area contributed by atoms with Crippen LogP contribution in [0.25, 0.3) is 0 Å². The van der Waals surface area contributed by atoms with Crippen LogP contribution in [0.4, 0.5) is 0 Å².